The van der Waals surface area contributed by atoms with Crippen LogP contribution in [0.15, 0.2) is 28.7 Å². The molecule has 2 fully saturated rings. The number of fused-ring (bicyclic) bond motifs is 1. The van der Waals surface area contributed by atoms with Crippen LogP contribution in [0.3, 0.4) is 0 Å². The Morgan fingerprint density at radius 1 is 1.18 bits per heavy atom. The lowest BCUT2D eigenvalue weighted by Gasteiger charge is -2.32. The topological polar surface area (TPSA) is 52.0 Å². The maximum Gasteiger partial charge on any atom is 0.290 e. The average molecular weight is 429 g/mol. The minimum atomic E-state index is 0. The Balaban J connectivity index is 0.00000140. The number of nitrogens with one attached hydrogen (secondary N) is 1. The molecule has 1 aromatic carbocycles. The summed E-state index contributed by atoms with van der Waals surface area (Å²) in [6.07, 6.45) is 1.05. The number of para-hydroxylation sites is 1. The zero-order valence-corrected chi connectivity index (χ0v) is 18.2. The number of rotatable bonds is 4. The van der Waals surface area contributed by atoms with E-state index in [0.717, 1.165) is 62.2 Å². The van der Waals surface area contributed by atoms with E-state index in [9.17, 15) is 4.79 Å². The Hall–Kier alpha value is -1.31. The third-order valence-electron chi connectivity index (χ3n) is 5.49. The average Bonchev–Trinajstić information content (AvgIpc) is 3.27. The molecule has 1 amide bonds. The Labute approximate surface area is 179 Å². The third-order valence-corrected chi connectivity index (χ3v) is 5.49. The van der Waals surface area contributed by atoms with Gasteiger partial charge in [-0.3, -0.25) is 9.69 Å². The summed E-state index contributed by atoms with van der Waals surface area (Å²) in [5, 5.41) is 4.44. The lowest BCUT2D eigenvalue weighted by Crippen LogP contribution is -2.49. The number of hydrogen-bond acceptors (Lipinski definition) is 5. The molecule has 0 saturated carbocycles. The van der Waals surface area contributed by atoms with Gasteiger partial charge in [0.2, 0.25) is 0 Å². The van der Waals surface area contributed by atoms with Gasteiger partial charge in [0, 0.05) is 62.8 Å². The van der Waals surface area contributed by atoms with Crippen LogP contribution in [0.25, 0.3) is 11.0 Å². The second-order valence-electron chi connectivity index (χ2n) is 7.62. The monoisotopic (exact) mass is 428 g/mol. The fourth-order valence-corrected chi connectivity index (χ4v) is 4.16. The van der Waals surface area contributed by atoms with Gasteiger partial charge in [0.25, 0.3) is 5.91 Å². The molecule has 1 N–H and O–H groups in total. The SMILES string of the molecule is CN(C)Cc1c(C(=O)N2CCC(N3CCNCC3)C2)oc2ccccc12.Cl.Cl. The van der Waals surface area contributed by atoms with Crippen LogP contribution in [0, 0.1) is 0 Å². The first-order valence-electron chi connectivity index (χ1n) is 9.52. The highest BCUT2D eigenvalue weighted by Gasteiger charge is 2.34. The molecule has 1 unspecified atom stereocenters. The highest BCUT2D eigenvalue weighted by Crippen LogP contribution is 2.29. The van der Waals surface area contributed by atoms with Crippen molar-refractivity contribution < 1.29 is 9.21 Å². The maximum atomic E-state index is 13.2. The molecule has 0 spiro atoms. The van der Waals surface area contributed by atoms with E-state index < -0.39 is 0 Å². The molecule has 2 aromatic rings. The first-order chi connectivity index (χ1) is 12.6. The predicted octanol–water partition coefficient (Wildman–Crippen LogP) is 2.46. The van der Waals surface area contributed by atoms with Crippen LogP contribution in [0.5, 0.6) is 0 Å². The van der Waals surface area contributed by atoms with Crippen LogP contribution < -0.4 is 5.32 Å². The molecule has 4 rings (SSSR count). The lowest BCUT2D eigenvalue weighted by molar-refractivity contribution is 0.0742. The number of amides is 1. The van der Waals surface area contributed by atoms with Crippen molar-refractivity contribution in [3.05, 3.63) is 35.6 Å². The van der Waals surface area contributed by atoms with Crippen molar-refractivity contribution in [1.82, 2.24) is 20.0 Å². The Morgan fingerprint density at radius 3 is 2.61 bits per heavy atom. The molecule has 2 aliphatic heterocycles. The number of furan rings is 1. The van der Waals surface area contributed by atoms with Crippen molar-refractivity contribution in [2.45, 2.75) is 19.0 Å². The number of carbonyl (C=O) groups is 1. The van der Waals surface area contributed by atoms with Crippen LogP contribution in [-0.4, -0.2) is 80.0 Å². The van der Waals surface area contributed by atoms with E-state index in [-0.39, 0.29) is 30.7 Å². The van der Waals surface area contributed by atoms with E-state index >= 15 is 0 Å². The standard InChI is InChI=1S/C20H28N4O2.2ClH/c1-22(2)14-17-16-5-3-4-6-18(16)26-19(17)20(25)24-10-7-15(13-24)23-11-8-21-9-12-23;;/h3-6,15,21H,7-14H2,1-2H3;2*1H. The Kier molecular flexibility index (Phi) is 8.16. The van der Waals surface area contributed by atoms with Crippen molar-refractivity contribution in [1.29, 1.82) is 0 Å². The van der Waals surface area contributed by atoms with Gasteiger partial charge in [0.1, 0.15) is 5.58 Å². The number of piperazine rings is 1. The van der Waals surface area contributed by atoms with Gasteiger partial charge < -0.3 is 19.5 Å². The van der Waals surface area contributed by atoms with Crippen molar-refractivity contribution >= 4 is 41.7 Å². The van der Waals surface area contributed by atoms with Crippen LogP contribution in [0.2, 0.25) is 0 Å². The molecule has 0 bridgehead atoms. The summed E-state index contributed by atoms with van der Waals surface area (Å²) in [5.41, 5.74) is 1.80. The molecule has 8 heteroatoms. The molecule has 1 atom stereocenters. The molecule has 6 nitrogen and oxygen atoms in total. The van der Waals surface area contributed by atoms with Gasteiger partial charge in [-0.15, -0.1) is 24.8 Å². The smallest absolute Gasteiger partial charge is 0.290 e. The van der Waals surface area contributed by atoms with Crippen LogP contribution in [0.4, 0.5) is 0 Å². The van der Waals surface area contributed by atoms with Gasteiger partial charge in [-0.05, 0) is 26.6 Å². The fourth-order valence-electron chi connectivity index (χ4n) is 4.16. The van der Waals surface area contributed by atoms with Crippen LogP contribution >= 0.6 is 24.8 Å². The van der Waals surface area contributed by atoms with E-state index in [0.29, 0.717) is 18.3 Å². The molecule has 1 aromatic heterocycles. The molecule has 28 heavy (non-hydrogen) atoms. The molecular weight excluding hydrogens is 399 g/mol. The Morgan fingerprint density at radius 2 is 1.89 bits per heavy atom. The number of carbonyl (C=O) groups excluding carboxylic acids is 1. The van der Waals surface area contributed by atoms with Gasteiger partial charge >= 0.3 is 0 Å². The number of nitrogens with zero attached hydrogens (tertiary/aromatic N) is 3. The zero-order chi connectivity index (χ0) is 18.1. The van der Waals surface area contributed by atoms with Crippen LogP contribution in [-0.2, 0) is 6.54 Å². The highest BCUT2D eigenvalue weighted by atomic mass is 35.5. The summed E-state index contributed by atoms with van der Waals surface area (Å²) < 4.78 is 6.01. The first-order valence-corrected chi connectivity index (χ1v) is 9.52. The summed E-state index contributed by atoms with van der Waals surface area (Å²) in [6.45, 7) is 6.55. The van der Waals surface area contributed by atoms with Gasteiger partial charge in [0.05, 0.1) is 0 Å². The molecule has 3 heterocycles. The van der Waals surface area contributed by atoms with E-state index in [1.807, 2.05) is 43.3 Å². The number of halogens is 2. The van der Waals surface area contributed by atoms with Crippen molar-refractivity contribution in [3.8, 4) is 0 Å². The first kappa shape index (κ1) is 23.0. The van der Waals surface area contributed by atoms with E-state index in [2.05, 4.69) is 15.1 Å². The number of hydrogen-bond donors (Lipinski definition) is 1. The molecular formula is C20H30Cl2N4O2. The summed E-state index contributed by atoms with van der Waals surface area (Å²) in [5.74, 6) is 0.552. The van der Waals surface area contributed by atoms with Gasteiger partial charge in [-0.2, -0.15) is 0 Å². The summed E-state index contributed by atoms with van der Waals surface area (Å²) in [6, 6.07) is 8.42. The van der Waals surface area contributed by atoms with Gasteiger partial charge in [-0.25, -0.2) is 0 Å². The summed E-state index contributed by atoms with van der Waals surface area (Å²) in [4.78, 5) is 19.8. The summed E-state index contributed by atoms with van der Waals surface area (Å²) in [7, 11) is 4.04. The fraction of sp³-hybridized carbons (Fsp3) is 0.550. The molecule has 2 saturated heterocycles. The van der Waals surface area contributed by atoms with E-state index in [1.165, 1.54) is 0 Å². The minimum Gasteiger partial charge on any atom is -0.451 e. The Bertz CT molecular complexity index is 790. The number of benzene rings is 1. The predicted molar refractivity (Wildman–Crippen MR) is 117 cm³/mol. The van der Waals surface area contributed by atoms with Crippen molar-refractivity contribution in [3.63, 3.8) is 0 Å². The van der Waals surface area contributed by atoms with Crippen molar-refractivity contribution in [2.75, 3.05) is 53.4 Å². The number of likely N-dealkylation sites (tertiary alicyclic amines) is 1. The normalized spacial score (nSPS) is 20.2. The molecule has 2 aliphatic rings. The highest BCUT2D eigenvalue weighted by molar-refractivity contribution is 5.99. The third kappa shape index (κ3) is 4.63. The quantitative estimate of drug-likeness (QED) is 0.810. The lowest BCUT2D eigenvalue weighted by atomic mass is 10.1. The molecule has 156 valence electrons. The molecule has 0 aliphatic carbocycles. The minimum absolute atomic E-state index is 0. The summed E-state index contributed by atoms with van der Waals surface area (Å²) >= 11 is 0. The van der Waals surface area contributed by atoms with Gasteiger partial charge in [0.15, 0.2) is 5.76 Å². The van der Waals surface area contributed by atoms with Crippen molar-refractivity contribution in [2.24, 2.45) is 0 Å². The second-order valence-corrected chi connectivity index (χ2v) is 7.62. The zero-order valence-electron chi connectivity index (χ0n) is 16.5. The van der Waals surface area contributed by atoms with Gasteiger partial charge in [-0.1, -0.05) is 18.2 Å². The maximum absolute atomic E-state index is 13.2. The van der Waals surface area contributed by atoms with E-state index in [4.69, 9.17) is 4.42 Å². The largest absolute Gasteiger partial charge is 0.451 e. The second kappa shape index (κ2) is 9.94. The van der Waals surface area contributed by atoms with Crippen LogP contribution in [0.1, 0.15) is 22.5 Å². The molecule has 0 radical (unpaired) electrons. The van der Waals surface area contributed by atoms with E-state index in [1.54, 1.807) is 0 Å².